The van der Waals surface area contributed by atoms with Crippen LogP contribution in [0.15, 0.2) is 34.9 Å². The number of anilines is 1. The first-order chi connectivity index (χ1) is 9.67. The number of hydrogen-bond donors (Lipinski definition) is 1. The smallest absolute Gasteiger partial charge is 0.261 e. The third kappa shape index (κ3) is 2.42. The summed E-state index contributed by atoms with van der Waals surface area (Å²) in [5, 5.41) is 5.32. The van der Waals surface area contributed by atoms with E-state index < -0.39 is 0 Å². The summed E-state index contributed by atoms with van der Waals surface area (Å²) in [6.45, 7) is 2.08. The monoisotopic (exact) mass is 305 g/mol. The van der Waals surface area contributed by atoms with E-state index >= 15 is 0 Å². The number of benzene rings is 1. The van der Waals surface area contributed by atoms with Crippen LogP contribution in [-0.4, -0.2) is 10.1 Å². The van der Waals surface area contributed by atoms with E-state index in [-0.39, 0.29) is 0 Å². The zero-order chi connectivity index (χ0) is 14.1. The molecule has 2 aromatic heterocycles. The number of thiophene rings is 1. The van der Waals surface area contributed by atoms with Crippen LogP contribution in [0.2, 0.25) is 5.02 Å². The summed E-state index contributed by atoms with van der Waals surface area (Å²) in [4.78, 5) is 5.59. The van der Waals surface area contributed by atoms with Crippen LogP contribution in [-0.2, 0) is 6.42 Å². The van der Waals surface area contributed by atoms with E-state index in [9.17, 15) is 0 Å². The summed E-state index contributed by atoms with van der Waals surface area (Å²) in [5.41, 5.74) is 7.61. The van der Waals surface area contributed by atoms with Gasteiger partial charge in [-0.2, -0.15) is 4.98 Å². The molecule has 20 heavy (non-hydrogen) atoms. The summed E-state index contributed by atoms with van der Waals surface area (Å²) >= 11 is 7.51. The second kappa shape index (κ2) is 5.26. The number of aryl methyl sites for hydroxylation is 1. The van der Waals surface area contributed by atoms with Gasteiger partial charge in [0.05, 0.1) is 10.6 Å². The maximum atomic E-state index is 5.99. The molecule has 0 aliphatic heterocycles. The van der Waals surface area contributed by atoms with Crippen molar-refractivity contribution in [3.63, 3.8) is 0 Å². The lowest BCUT2D eigenvalue weighted by atomic mass is 10.2. The highest BCUT2D eigenvalue weighted by Crippen LogP contribution is 2.34. The van der Waals surface area contributed by atoms with Crippen LogP contribution in [0.3, 0.4) is 0 Å². The van der Waals surface area contributed by atoms with Gasteiger partial charge in [0.2, 0.25) is 5.82 Å². The summed E-state index contributed by atoms with van der Waals surface area (Å²) in [5.74, 6) is 0.944. The van der Waals surface area contributed by atoms with Crippen molar-refractivity contribution in [3.8, 4) is 22.8 Å². The molecule has 3 rings (SSSR count). The van der Waals surface area contributed by atoms with Crippen LogP contribution >= 0.6 is 22.9 Å². The van der Waals surface area contributed by atoms with Crippen LogP contribution in [0.5, 0.6) is 0 Å². The predicted octanol–water partition coefficient (Wildman–Crippen LogP) is 4.26. The van der Waals surface area contributed by atoms with E-state index in [1.165, 1.54) is 4.88 Å². The molecule has 0 amide bonds. The Hall–Kier alpha value is -1.85. The fourth-order valence-electron chi connectivity index (χ4n) is 1.88. The fraction of sp³-hybridized carbons (Fsp3) is 0.143. The minimum absolute atomic E-state index is 0.438. The van der Waals surface area contributed by atoms with Crippen molar-refractivity contribution in [1.29, 1.82) is 0 Å². The third-order valence-electron chi connectivity index (χ3n) is 2.90. The fourth-order valence-corrected chi connectivity index (χ4v) is 2.93. The standard InChI is InChI=1S/C14H12ClN3OS/c1-2-10-7-11(12(16)20-10)14-17-13(18-19-14)8-4-3-5-9(15)6-8/h3-7H,2,16H2,1H3. The summed E-state index contributed by atoms with van der Waals surface area (Å²) in [6.07, 6.45) is 0.935. The lowest BCUT2D eigenvalue weighted by Crippen LogP contribution is -1.84. The molecule has 0 aliphatic carbocycles. The molecule has 4 nitrogen and oxygen atoms in total. The lowest BCUT2D eigenvalue weighted by Gasteiger charge is -1.93. The quantitative estimate of drug-likeness (QED) is 0.785. The van der Waals surface area contributed by atoms with E-state index in [0.717, 1.165) is 17.5 Å². The molecule has 0 saturated heterocycles. The van der Waals surface area contributed by atoms with Gasteiger partial charge < -0.3 is 10.3 Å². The minimum Gasteiger partial charge on any atom is -0.390 e. The topological polar surface area (TPSA) is 64.9 Å². The Morgan fingerprint density at radius 1 is 1.35 bits per heavy atom. The van der Waals surface area contributed by atoms with Crippen molar-refractivity contribution in [2.45, 2.75) is 13.3 Å². The summed E-state index contributed by atoms with van der Waals surface area (Å²) < 4.78 is 5.31. The lowest BCUT2D eigenvalue weighted by molar-refractivity contribution is 0.432. The van der Waals surface area contributed by atoms with Gasteiger partial charge in [0.15, 0.2) is 0 Å². The van der Waals surface area contributed by atoms with E-state index in [0.29, 0.717) is 21.7 Å². The third-order valence-corrected chi connectivity index (χ3v) is 4.24. The van der Waals surface area contributed by atoms with Gasteiger partial charge in [-0.15, -0.1) is 11.3 Å². The molecule has 0 aliphatic rings. The molecule has 2 N–H and O–H groups in total. The molecule has 3 aromatic rings. The van der Waals surface area contributed by atoms with Gasteiger partial charge >= 0.3 is 0 Å². The normalized spacial score (nSPS) is 10.9. The number of nitrogens with zero attached hydrogens (tertiary/aromatic N) is 2. The van der Waals surface area contributed by atoms with Crippen molar-refractivity contribution in [1.82, 2.24) is 10.1 Å². The number of halogens is 1. The van der Waals surface area contributed by atoms with Crippen LogP contribution in [0.25, 0.3) is 22.8 Å². The van der Waals surface area contributed by atoms with Crippen molar-refractivity contribution in [2.24, 2.45) is 0 Å². The van der Waals surface area contributed by atoms with Crippen molar-refractivity contribution in [3.05, 3.63) is 40.2 Å². The summed E-state index contributed by atoms with van der Waals surface area (Å²) in [6, 6.07) is 9.33. The van der Waals surface area contributed by atoms with Crippen molar-refractivity contribution >= 4 is 27.9 Å². The molecule has 1 aromatic carbocycles. The molecule has 0 unspecified atom stereocenters. The molecule has 0 radical (unpaired) electrons. The van der Waals surface area contributed by atoms with Crippen LogP contribution in [0, 0.1) is 0 Å². The van der Waals surface area contributed by atoms with Gasteiger partial charge in [-0.3, -0.25) is 0 Å². The van der Waals surface area contributed by atoms with Gasteiger partial charge in [-0.05, 0) is 24.6 Å². The largest absolute Gasteiger partial charge is 0.390 e. The average molecular weight is 306 g/mol. The second-order valence-electron chi connectivity index (χ2n) is 4.28. The Morgan fingerprint density at radius 2 is 2.20 bits per heavy atom. The van der Waals surface area contributed by atoms with Gasteiger partial charge in [0, 0.05) is 15.5 Å². The Bertz CT molecular complexity index is 750. The molecule has 0 saturated carbocycles. The number of nitrogen functional groups attached to an aromatic ring is 1. The summed E-state index contributed by atoms with van der Waals surface area (Å²) in [7, 11) is 0. The molecule has 2 heterocycles. The Kier molecular flexibility index (Phi) is 3.46. The van der Waals surface area contributed by atoms with E-state index in [1.54, 1.807) is 23.5 Å². The highest BCUT2D eigenvalue weighted by molar-refractivity contribution is 7.16. The van der Waals surface area contributed by atoms with Gasteiger partial charge in [-0.25, -0.2) is 0 Å². The Balaban J connectivity index is 1.99. The maximum absolute atomic E-state index is 5.99. The van der Waals surface area contributed by atoms with Crippen molar-refractivity contribution < 1.29 is 4.52 Å². The van der Waals surface area contributed by atoms with Crippen LogP contribution < -0.4 is 5.73 Å². The SMILES string of the molecule is CCc1cc(-c2nc(-c3cccc(Cl)c3)no2)c(N)s1. The van der Waals surface area contributed by atoms with Gasteiger partial charge in [0.25, 0.3) is 5.89 Å². The molecule has 102 valence electrons. The average Bonchev–Trinajstić information content (AvgIpc) is 3.05. The molecule has 6 heteroatoms. The minimum atomic E-state index is 0.438. The second-order valence-corrected chi connectivity index (χ2v) is 5.88. The van der Waals surface area contributed by atoms with Gasteiger partial charge in [-0.1, -0.05) is 35.8 Å². The number of hydrogen-bond acceptors (Lipinski definition) is 5. The van der Waals surface area contributed by atoms with Crippen molar-refractivity contribution in [2.75, 3.05) is 5.73 Å². The van der Waals surface area contributed by atoms with Gasteiger partial charge in [0.1, 0.15) is 0 Å². The Labute approximate surface area is 125 Å². The molecule has 0 spiro atoms. The first kappa shape index (κ1) is 13.1. The molecular weight excluding hydrogens is 294 g/mol. The highest BCUT2D eigenvalue weighted by atomic mass is 35.5. The number of nitrogens with two attached hydrogens (primary N) is 1. The predicted molar refractivity (Wildman–Crippen MR) is 81.8 cm³/mol. The molecular formula is C14H12ClN3OS. The number of aromatic nitrogens is 2. The molecule has 0 fully saturated rings. The van der Waals surface area contributed by atoms with E-state index in [4.69, 9.17) is 21.9 Å². The number of rotatable bonds is 3. The van der Waals surface area contributed by atoms with Crippen LogP contribution in [0.4, 0.5) is 5.00 Å². The van der Waals surface area contributed by atoms with Crippen LogP contribution in [0.1, 0.15) is 11.8 Å². The first-order valence-electron chi connectivity index (χ1n) is 6.15. The molecule has 0 atom stereocenters. The zero-order valence-electron chi connectivity index (χ0n) is 10.8. The first-order valence-corrected chi connectivity index (χ1v) is 7.35. The maximum Gasteiger partial charge on any atom is 0.261 e. The highest BCUT2D eigenvalue weighted by Gasteiger charge is 2.15. The van der Waals surface area contributed by atoms with E-state index in [2.05, 4.69) is 17.1 Å². The zero-order valence-corrected chi connectivity index (χ0v) is 12.3. The molecule has 0 bridgehead atoms. The Morgan fingerprint density at radius 3 is 2.90 bits per heavy atom. The van der Waals surface area contributed by atoms with E-state index in [1.807, 2.05) is 18.2 Å².